The topological polar surface area (TPSA) is 24.1 Å². The molecule has 0 aliphatic carbocycles. The number of rotatable bonds is 3. The van der Waals surface area contributed by atoms with Crippen LogP contribution in [0.25, 0.3) is 0 Å². The molecule has 0 fully saturated rings. The van der Waals surface area contributed by atoms with Gasteiger partial charge in [-0.15, -0.1) is 0 Å². The van der Waals surface area contributed by atoms with E-state index in [-0.39, 0.29) is 0 Å². The van der Waals surface area contributed by atoms with E-state index in [9.17, 15) is 0 Å². The van der Waals surface area contributed by atoms with Crippen LogP contribution in [-0.4, -0.2) is 7.05 Å². The van der Waals surface area contributed by atoms with Crippen molar-refractivity contribution >= 4 is 38.9 Å². The maximum atomic E-state index is 5.93. The normalized spacial score (nSPS) is 9.46. The Bertz CT molecular complexity index is 326. The van der Waals surface area contributed by atoms with E-state index in [2.05, 4.69) is 33.1 Å². The average Bonchev–Trinajstić information content (AvgIpc) is 2.11. The second-order valence-electron chi connectivity index (χ2n) is 2.41. The van der Waals surface area contributed by atoms with Crippen LogP contribution in [0.3, 0.4) is 0 Å². The highest BCUT2D eigenvalue weighted by Crippen LogP contribution is 2.32. The monoisotopic (exact) mass is 260 g/mol. The molecule has 0 heterocycles. The molecule has 0 bridgehead atoms. The van der Waals surface area contributed by atoms with Crippen molar-refractivity contribution in [1.29, 1.82) is 0 Å². The fourth-order valence-electron chi connectivity index (χ4n) is 0.983. The van der Waals surface area contributed by atoms with Crippen molar-refractivity contribution in [3.05, 3.63) is 34.4 Å². The van der Waals surface area contributed by atoms with E-state index >= 15 is 0 Å². The summed E-state index contributed by atoms with van der Waals surface area (Å²) in [6.45, 7) is 3.59. The van der Waals surface area contributed by atoms with Crippen LogP contribution in [0, 0.1) is 0 Å². The zero-order valence-electron chi connectivity index (χ0n) is 7.20. The number of anilines is 2. The van der Waals surface area contributed by atoms with E-state index in [0.717, 1.165) is 15.8 Å². The molecule has 0 unspecified atom stereocenters. The summed E-state index contributed by atoms with van der Waals surface area (Å²) in [6, 6.07) is 3.74. The first-order valence-corrected chi connectivity index (χ1v) is 4.90. The zero-order chi connectivity index (χ0) is 9.84. The Morgan fingerprint density at radius 1 is 1.46 bits per heavy atom. The van der Waals surface area contributed by atoms with Crippen molar-refractivity contribution in [1.82, 2.24) is 0 Å². The molecule has 13 heavy (non-hydrogen) atoms. The standard InChI is InChI=1S/C9H10BrClN2/c1-3-13-9-5-7(11)6(10)4-8(9)12-2/h3-5,12-13H,1H2,2H3. The van der Waals surface area contributed by atoms with Crippen LogP contribution in [0.1, 0.15) is 0 Å². The van der Waals surface area contributed by atoms with E-state index in [0.29, 0.717) is 5.02 Å². The predicted octanol–water partition coefficient (Wildman–Crippen LogP) is 3.70. The molecule has 0 amide bonds. The Labute approximate surface area is 91.1 Å². The molecule has 2 nitrogen and oxygen atoms in total. The van der Waals surface area contributed by atoms with E-state index in [1.807, 2.05) is 19.2 Å². The van der Waals surface area contributed by atoms with Crippen molar-refractivity contribution in [2.45, 2.75) is 0 Å². The van der Waals surface area contributed by atoms with Crippen LogP contribution in [0.15, 0.2) is 29.4 Å². The van der Waals surface area contributed by atoms with E-state index in [4.69, 9.17) is 11.6 Å². The molecule has 0 aliphatic heterocycles. The maximum Gasteiger partial charge on any atom is 0.0630 e. The van der Waals surface area contributed by atoms with Crippen LogP contribution in [0.4, 0.5) is 11.4 Å². The van der Waals surface area contributed by atoms with E-state index in [1.54, 1.807) is 6.20 Å². The van der Waals surface area contributed by atoms with Gasteiger partial charge in [-0.05, 0) is 34.3 Å². The van der Waals surface area contributed by atoms with Crippen molar-refractivity contribution in [3.63, 3.8) is 0 Å². The Kier molecular flexibility index (Phi) is 3.63. The Morgan fingerprint density at radius 3 is 2.69 bits per heavy atom. The summed E-state index contributed by atoms with van der Waals surface area (Å²) in [5.41, 5.74) is 1.88. The molecule has 0 aliphatic rings. The van der Waals surface area contributed by atoms with Crippen LogP contribution < -0.4 is 10.6 Å². The molecule has 0 radical (unpaired) electrons. The summed E-state index contributed by atoms with van der Waals surface area (Å²) in [4.78, 5) is 0. The number of benzene rings is 1. The minimum atomic E-state index is 0.670. The van der Waals surface area contributed by atoms with E-state index < -0.39 is 0 Å². The van der Waals surface area contributed by atoms with Gasteiger partial charge in [0, 0.05) is 11.5 Å². The largest absolute Gasteiger partial charge is 0.386 e. The molecule has 0 saturated carbocycles. The molecule has 2 N–H and O–H groups in total. The van der Waals surface area contributed by atoms with Gasteiger partial charge in [0.1, 0.15) is 0 Å². The second-order valence-corrected chi connectivity index (χ2v) is 3.67. The van der Waals surface area contributed by atoms with Crippen molar-refractivity contribution in [2.24, 2.45) is 0 Å². The molecule has 0 saturated heterocycles. The molecule has 0 spiro atoms. The Morgan fingerprint density at radius 2 is 2.15 bits per heavy atom. The van der Waals surface area contributed by atoms with Crippen molar-refractivity contribution in [3.8, 4) is 0 Å². The van der Waals surface area contributed by atoms with Gasteiger partial charge in [0.2, 0.25) is 0 Å². The van der Waals surface area contributed by atoms with Gasteiger partial charge in [0.25, 0.3) is 0 Å². The molecular weight excluding hydrogens is 251 g/mol. The smallest absolute Gasteiger partial charge is 0.0630 e. The van der Waals surface area contributed by atoms with Gasteiger partial charge in [0.15, 0.2) is 0 Å². The van der Waals surface area contributed by atoms with Gasteiger partial charge in [-0.25, -0.2) is 0 Å². The third kappa shape index (κ3) is 2.39. The molecule has 4 heteroatoms. The van der Waals surface area contributed by atoms with E-state index in [1.165, 1.54) is 0 Å². The summed E-state index contributed by atoms with van der Waals surface area (Å²) >= 11 is 9.28. The molecule has 70 valence electrons. The SMILES string of the molecule is C=CNc1cc(Cl)c(Br)cc1NC. The number of hydrogen-bond acceptors (Lipinski definition) is 2. The first-order valence-electron chi connectivity index (χ1n) is 3.73. The van der Waals surface area contributed by atoms with Crippen molar-refractivity contribution in [2.75, 3.05) is 17.7 Å². The lowest BCUT2D eigenvalue weighted by atomic mass is 10.2. The summed E-state index contributed by atoms with van der Waals surface area (Å²) in [5, 5.41) is 6.71. The maximum absolute atomic E-state index is 5.93. The van der Waals surface area contributed by atoms with Gasteiger partial charge >= 0.3 is 0 Å². The van der Waals surface area contributed by atoms with Gasteiger partial charge in [-0.2, -0.15) is 0 Å². The van der Waals surface area contributed by atoms with Crippen LogP contribution in [0.2, 0.25) is 5.02 Å². The molecular formula is C9H10BrClN2. The Balaban J connectivity index is 3.15. The summed E-state index contributed by atoms with van der Waals surface area (Å²) < 4.78 is 0.869. The quantitative estimate of drug-likeness (QED) is 0.867. The van der Waals surface area contributed by atoms with Gasteiger partial charge < -0.3 is 10.6 Å². The van der Waals surface area contributed by atoms with Gasteiger partial charge in [0.05, 0.1) is 16.4 Å². The predicted molar refractivity (Wildman–Crippen MR) is 62.5 cm³/mol. The fraction of sp³-hybridized carbons (Fsp3) is 0.111. The van der Waals surface area contributed by atoms with Crippen LogP contribution in [0.5, 0.6) is 0 Å². The first-order chi connectivity index (χ1) is 6.19. The molecule has 0 aromatic heterocycles. The zero-order valence-corrected chi connectivity index (χ0v) is 9.54. The highest BCUT2D eigenvalue weighted by molar-refractivity contribution is 9.10. The van der Waals surface area contributed by atoms with Crippen LogP contribution >= 0.6 is 27.5 Å². The highest BCUT2D eigenvalue weighted by Gasteiger charge is 2.04. The van der Waals surface area contributed by atoms with Crippen LogP contribution in [-0.2, 0) is 0 Å². The number of halogens is 2. The van der Waals surface area contributed by atoms with Gasteiger partial charge in [-0.3, -0.25) is 0 Å². The molecule has 1 aromatic rings. The molecule has 0 atom stereocenters. The van der Waals surface area contributed by atoms with Crippen molar-refractivity contribution < 1.29 is 0 Å². The average molecular weight is 262 g/mol. The van der Waals surface area contributed by atoms with Gasteiger partial charge in [-0.1, -0.05) is 18.2 Å². The molecule has 1 aromatic carbocycles. The fourth-order valence-corrected chi connectivity index (χ4v) is 1.49. The molecule has 1 rings (SSSR count). The minimum absolute atomic E-state index is 0.670. The minimum Gasteiger partial charge on any atom is -0.386 e. The lowest BCUT2D eigenvalue weighted by Crippen LogP contribution is -1.95. The second kappa shape index (κ2) is 4.53. The number of hydrogen-bond donors (Lipinski definition) is 2. The highest BCUT2D eigenvalue weighted by atomic mass is 79.9. The number of nitrogens with one attached hydrogen (secondary N) is 2. The summed E-state index contributed by atoms with van der Waals surface area (Å²) in [7, 11) is 1.85. The lowest BCUT2D eigenvalue weighted by molar-refractivity contribution is 1.47. The Hall–Kier alpha value is -0.670. The third-order valence-corrected chi connectivity index (χ3v) is 2.78. The summed E-state index contributed by atoms with van der Waals surface area (Å²) in [5.74, 6) is 0. The lowest BCUT2D eigenvalue weighted by Gasteiger charge is -2.10. The summed E-state index contributed by atoms with van der Waals surface area (Å²) in [6.07, 6.45) is 1.61. The third-order valence-electron chi connectivity index (χ3n) is 1.59. The first kappa shape index (κ1) is 10.4.